The lowest BCUT2D eigenvalue weighted by molar-refractivity contribution is -0.133. The molecular weight excluding hydrogens is 262 g/mol. The molecule has 21 heavy (non-hydrogen) atoms. The average Bonchev–Trinajstić information content (AvgIpc) is 2.50. The minimum atomic E-state index is 0.233. The van der Waals surface area contributed by atoms with Gasteiger partial charge in [0.1, 0.15) is 0 Å². The van der Waals surface area contributed by atoms with Crippen LogP contribution in [0.15, 0.2) is 30.3 Å². The maximum atomic E-state index is 12.5. The van der Waals surface area contributed by atoms with Crippen LogP contribution in [0.2, 0.25) is 0 Å². The van der Waals surface area contributed by atoms with Crippen molar-refractivity contribution in [3.8, 4) is 0 Å². The molecule has 0 unspecified atom stereocenters. The number of rotatable bonds is 6. The highest BCUT2D eigenvalue weighted by molar-refractivity contribution is 5.78. The van der Waals surface area contributed by atoms with Crippen LogP contribution in [0.1, 0.15) is 31.7 Å². The monoisotopic (exact) mass is 289 g/mol. The number of piperidine rings is 1. The molecule has 0 aromatic heterocycles. The van der Waals surface area contributed by atoms with Gasteiger partial charge in [0.15, 0.2) is 0 Å². The third kappa shape index (κ3) is 5.14. The van der Waals surface area contributed by atoms with Gasteiger partial charge in [-0.2, -0.15) is 0 Å². The Morgan fingerprint density at radius 2 is 1.95 bits per heavy atom. The molecule has 0 saturated carbocycles. The fourth-order valence-corrected chi connectivity index (χ4v) is 2.77. The molecule has 0 aliphatic carbocycles. The second-order valence-electron chi connectivity index (χ2n) is 5.91. The summed E-state index contributed by atoms with van der Waals surface area (Å²) in [5.74, 6) is 0.233. The van der Waals surface area contributed by atoms with E-state index in [1.165, 1.54) is 5.56 Å². The third-order valence-corrected chi connectivity index (χ3v) is 4.05. The molecule has 1 aromatic carbocycles. The fraction of sp³-hybridized carbons (Fsp3) is 0.588. The molecular formula is C17H27N3O. The van der Waals surface area contributed by atoms with Crippen molar-refractivity contribution in [1.29, 1.82) is 0 Å². The van der Waals surface area contributed by atoms with E-state index in [-0.39, 0.29) is 5.91 Å². The van der Waals surface area contributed by atoms with Gasteiger partial charge in [0.25, 0.3) is 0 Å². The Labute approximate surface area is 127 Å². The van der Waals surface area contributed by atoms with Crippen LogP contribution in [0.25, 0.3) is 0 Å². The number of likely N-dealkylation sites (tertiary alicyclic amines) is 1. The van der Waals surface area contributed by atoms with Gasteiger partial charge in [-0.1, -0.05) is 37.3 Å². The summed E-state index contributed by atoms with van der Waals surface area (Å²) in [6.07, 6.45) is 2.99. The highest BCUT2D eigenvalue weighted by atomic mass is 16.2. The van der Waals surface area contributed by atoms with E-state index in [9.17, 15) is 4.79 Å². The smallest absolute Gasteiger partial charge is 0.237 e. The molecule has 2 N–H and O–H groups in total. The van der Waals surface area contributed by atoms with E-state index in [4.69, 9.17) is 5.73 Å². The van der Waals surface area contributed by atoms with E-state index in [1.54, 1.807) is 0 Å². The van der Waals surface area contributed by atoms with Crippen molar-refractivity contribution in [2.45, 2.75) is 38.8 Å². The first-order valence-corrected chi connectivity index (χ1v) is 7.98. The number of nitrogens with zero attached hydrogens (tertiary/aromatic N) is 2. The number of hydrogen-bond acceptors (Lipinski definition) is 3. The minimum absolute atomic E-state index is 0.233. The Morgan fingerprint density at radius 1 is 1.29 bits per heavy atom. The topological polar surface area (TPSA) is 49.6 Å². The maximum Gasteiger partial charge on any atom is 0.237 e. The summed E-state index contributed by atoms with van der Waals surface area (Å²) < 4.78 is 0. The van der Waals surface area contributed by atoms with E-state index >= 15 is 0 Å². The number of hydrogen-bond donors (Lipinski definition) is 1. The van der Waals surface area contributed by atoms with Crippen LogP contribution < -0.4 is 5.73 Å². The third-order valence-electron chi connectivity index (χ3n) is 4.05. The van der Waals surface area contributed by atoms with Gasteiger partial charge in [-0.25, -0.2) is 0 Å². The second-order valence-corrected chi connectivity index (χ2v) is 5.91. The zero-order valence-corrected chi connectivity index (χ0v) is 13.0. The number of carbonyl (C=O) groups excluding carboxylic acids is 1. The highest BCUT2D eigenvalue weighted by Gasteiger charge is 2.21. The van der Waals surface area contributed by atoms with Crippen molar-refractivity contribution in [3.05, 3.63) is 35.9 Å². The molecule has 1 amide bonds. The Bertz CT molecular complexity index is 427. The predicted molar refractivity (Wildman–Crippen MR) is 85.8 cm³/mol. The number of amides is 1. The van der Waals surface area contributed by atoms with Crippen LogP contribution in [-0.2, 0) is 11.3 Å². The fourth-order valence-electron chi connectivity index (χ4n) is 2.77. The lowest BCUT2D eigenvalue weighted by atomic mass is 10.1. The molecule has 0 radical (unpaired) electrons. The van der Waals surface area contributed by atoms with Crippen LogP contribution >= 0.6 is 0 Å². The van der Waals surface area contributed by atoms with E-state index in [2.05, 4.69) is 24.0 Å². The summed E-state index contributed by atoms with van der Waals surface area (Å²) in [5, 5.41) is 0. The summed E-state index contributed by atoms with van der Waals surface area (Å²) >= 11 is 0. The molecule has 2 rings (SSSR count). The molecule has 1 saturated heterocycles. The molecule has 0 bridgehead atoms. The van der Waals surface area contributed by atoms with Gasteiger partial charge in [-0.3, -0.25) is 9.69 Å². The SMILES string of the molecule is CCCN(Cc1ccccc1)C(=O)CN1CCC(N)CC1. The molecule has 4 heteroatoms. The van der Waals surface area contributed by atoms with Crippen LogP contribution in [0.4, 0.5) is 0 Å². The van der Waals surface area contributed by atoms with Crippen molar-refractivity contribution in [3.63, 3.8) is 0 Å². The quantitative estimate of drug-likeness (QED) is 0.869. The first kappa shape index (κ1) is 16.0. The summed E-state index contributed by atoms with van der Waals surface area (Å²) in [6, 6.07) is 10.5. The molecule has 1 aliphatic rings. The Morgan fingerprint density at radius 3 is 2.57 bits per heavy atom. The van der Waals surface area contributed by atoms with E-state index in [0.717, 1.165) is 38.9 Å². The largest absolute Gasteiger partial charge is 0.337 e. The molecule has 4 nitrogen and oxygen atoms in total. The van der Waals surface area contributed by atoms with Gasteiger partial charge in [0, 0.05) is 32.2 Å². The minimum Gasteiger partial charge on any atom is -0.337 e. The lowest BCUT2D eigenvalue weighted by Crippen LogP contribution is -2.45. The van der Waals surface area contributed by atoms with Gasteiger partial charge in [0.2, 0.25) is 5.91 Å². The Kier molecular flexibility index (Phi) is 6.21. The molecule has 1 fully saturated rings. The van der Waals surface area contributed by atoms with Gasteiger partial charge in [-0.05, 0) is 24.8 Å². The van der Waals surface area contributed by atoms with Crippen LogP contribution in [0, 0.1) is 0 Å². The summed E-state index contributed by atoms with van der Waals surface area (Å²) in [7, 11) is 0. The molecule has 0 atom stereocenters. The zero-order valence-electron chi connectivity index (χ0n) is 13.0. The van der Waals surface area contributed by atoms with Crippen LogP contribution in [0.3, 0.4) is 0 Å². The standard InChI is InChI=1S/C17H27N3O/c1-2-10-20(13-15-6-4-3-5-7-15)17(21)14-19-11-8-16(18)9-12-19/h3-7,16H,2,8-14,18H2,1H3. The van der Waals surface area contributed by atoms with Gasteiger partial charge in [0.05, 0.1) is 6.54 Å². The van der Waals surface area contributed by atoms with Crippen molar-refractivity contribution < 1.29 is 4.79 Å². The Hall–Kier alpha value is -1.39. The first-order valence-electron chi connectivity index (χ1n) is 7.98. The van der Waals surface area contributed by atoms with Gasteiger partial charge >= 0.3 is 0 Å². The van der Waals surface area contributed by atoms with Crippen molar-refractivity contribution >= 4 is 5.91 Å². The zero-order chi connectivity index (χ0) is 15.1. The van der Waals surface area contributed by atoms with E-state index < -0.39 is 0 Å². The first-order chi connectivity index (χ1) is 10.2. The van der Waals surface area contributed by atoms with E-state index in [0.29, 0.717) is 19.1 Å². The van der Waals surface area contributed by atoms with Crippen LogP contribution in [0.5, 0.6) is 0 Å². The lowest BCUT2D eigenvalue weighted by Gasteiger charge is -2.31. The summed E-state index contributed by atoms with van der Waals surface area (Å²) in [5.41, 5.74) is 7.11. The van der Waals surface area contributed by atoms with Crippen molar-refractivity contribution in [2.75, 3.05) is 26.2 Å². The second kappa shape index (κ2) is 8.15. The predicted octanol–water partition coefficient (Wildman–Crippen LogP) is 1.85. The molecule has 1 aliphatic heterocycles. The van der Waals surface area contributed by atoms with Crippen molar-refractivity contribution in [1.82, 2.24) is 9.80 Å². The molecule has 1 aromatic rings. The van der Waals surface area contributed by atoms with Crippen LogP contribution in [-0.4, -0.2) is 47.9 Å². The molecule has 1 heterocycles. The van der Waals surface area contributed by atoms with Crippen molar-refractivity contribution in [2.24, 2.45) is 5.73 Å². The summed E-state index contributed by atoms with van der Waals surface area (Å²) in [6.45, 7) is 6.06. The van der Waals surface area contributed by atoms with Gasteiger partial charge < -0.3 is 10.6 Å². The van der Waals surface area contributed by atoms with E-state index in [1.807, 2.05) is 23.1 Å². The molecule has 0 spiro atoms. The van der Waals surface area contributed by atoms with Gasteiger partial charge in [-0.15, -0.1) is 0 Å². The molecule has 116 valence electrons. The summed E-state index contributed by atoms with van der Waals surface area (Å²) in [4.78, 5) is 16.8. The average molecular weight is 289 g/mol. The highest BCUT2D eigenvalue weighted by Crippen LogP contribution is 2.10. The Balaban J connectivity index is 1.89. The number of benzene rings is 1. The number of carbonyl (C=O) groups is 1. The number of nitrogens with two attached hydrogens (primary N) is 1. The maximum absolute atomic E-state index is 12.5. The normalized spacial score (nSPS) is 16.9.